The summed E-state index contributed by atoms with van der Waals surface area (Å²) >= 11 is 0. The van der Waals surface area contributed by atoms with Gasteiger partial charge in [0.1, 0.15) is 6.54 Å². The van der Waals surface area contributed by atoms with Gasteiger partial charge >= 0.3 is 0 Å². The van der Waals surface area contributed by atoms with E-state index < -0.39 is 0 Å². The first-order chi connectivity index (χ1) is 11.0. The van der Waals surface area contributed by atoms with Crippen LogP contribution in [0.5, 0.6) is 0 Å². The van der Waals surface area contributed by atoms with E-state index in [1.165, 1.54) is 11.8 Å². The summed E-state index contributed by atoms with van der Waals surface area (Å²) in [5.41, 5.74) is 1.37. The lowest BCUT2D eigenvalue weighted by atomic mass is 10.1. The minimum absolute atomic E-state index is 0.0154. The van der Waals surface area contributed by atoms with E-state index >= 15 is 0 Å². The third-order valence-corrected chi connectivity index (χ3v) is 3.47. The van der Waals surface area contributed by atoms with Gasteiger partial charge in [-0.1, -0.05) is 18.2 Å². The molecule has 1 N–H and O–H groups in total. The normalized spacial score (nSPS) is 10.8. The molecule has 1 aromatic carbocycles. The molecule has 6 heteroatoms. The average molecular weight is 314 g/mol. The second kappa shape index (κ2) is 7.69. The number of aromatic nitrogens is 1. The van der Waals surface area contributed by atoms with Crippen molar-refractivity contribution in [1.29, 1.82) is 0 Å². The van der Waals surface area contributed by atoms with Crippen molar-refractivity contribution in [2.24, 2.45) is 0 Å². The molecule has 1 heterocycles. The lowest BCUT2D eigenvalue weighted by Gasteiger charge is -2.22. The van der Waals surface area contributed by atoms with Crippen molar-refractivity contribution in [1.82, 2.24) is 15.2 Å². The second-order valence-corrected chi connectivity index (χ2v) is 5.61. The van der Waals surface area contributed by atoms with E-state index in [0.717, 1.165) is 11.9 Å². The van der Waals surface area contributed by atoms with Crippen LogP contribution in [0.1, 0.15) is 6.92 Å². The van der Waals surface area contributed by atoms with Crippen molar-refractivity contribution < 1.29 is 9.59 Å². The summed E-state index contributed by atoms with van der Waals surface area (Å²) in [4.78, 5) is 31.9. The number of benzene rings is 1. The lowest BCUT2D eigenvalue weighted by Crippen LogP contribution is -2.41. The highest BCUT2D eigenvalue weighted by atomic mass is 16.2. The van der Waals surface area contributed by atoms with Crippen molar-refractivity contribution in [3.8, 4) is 0 Å². The van der Waals surface area contributed by atoms with E-state index in [1.54, 1.807) is 6.20 Å². The van der Waals surface area contributed by atoms with Gasteiger partial charge in [0.25, 0.3) is 0 Å². The Morgan fingerprint density at radius 1 is 1.17 bits per heavy atom. The minimum Gasteiger partial charge on any atom is -0.353 e. The SMILES string of the molecule is CC(=O)N(CC(=O)NCCN(C)C)c1cccc2cccnc12. The van der Waals surface area contributed by atoms with Crippen molar-refractivity contribution >= 4 is 28.4 Å². The highest BCUT2D eigenvalue weighted by Crippen LogP contribution is 2.24. The first-order valence-corrected chi connectivity index (χ1v) is 7.52. The van der Waals surface area contributed by atoms with Crippen LogP contribution in [0, 0.1) is 0 Å². The second-order valence-electron chi connectivity index (χ2n) is 5.61. The van der Waals surface area contributed by atoms with Crippen molar-refractivity contribution in [3.63, 3.8) is 0 Å². The molecule has 1 aromatic heterocycles. The maximum Gasteiger partial charge on any atom is 0.240 e. The molecule has 6 nitrogen and oxygen atoms in total. The molecule has 0 saturated heterocycles. The molecule has 0 radical (unpaired) electrons. The van der Waals surface area contributed by atoms with Crippen molar-refractivity contribution in [2.45, 2.75) is 6.92 Å². The molecular weight excluding hydrogens is 292 g/mol. The molecule has 2 aromatic rings. The Bertz CT molecular complexity index is 695. The van der Waals surface area contributed by atoms with Crippen molar-refractivity contribution in [2.75, 3.05) is 38.6 Å². The van der Waals surface area contributed by atoms with Gasteiger partial charge in [-0.25, -0.2) is 0 Å². The fraction of sp³-hybridized carbons (Fsp3) is 0.353. The summed E-state index contributed by atoms with van der Waals surface area (Å²) in [6.07, 6.45) is 1.68. The van der Waals surface area contributed by atoms with Crippen LogP contribution in [0.4, 0.5) is 5.69 Å². The van der Waals surface area contributed by atoms with Crippen LogP contribution in [-0.4, -0.2) is 55.4 Å². The van der Waals surface area contributed by atoms with Crippen LogP contribution in [0.2, 0.25) is 0 Å². The largest absolute Gasteiger partial charge is 0.353 e. The molecule has 0 unspecified atom stereocenters. The summed E-state index contributed by atoms with van der Waals surface area (Å²) < 4.78 is 0. The Hall–Kier alpha value is -2.47. The number of anilines is 1. The molecule has 0 saturated carbocycles. The molecule has 0 aliphatic carbocycles. The van der Waals surface area contributed by atoms with Gasteiger partial charge in [0, 0.05) is 31.6 Å². The molecule has 0 aliphatic rings. The monoisotopic (exact) mass is 314 g/mol. The Balaban J connectivity index is 2.18. The number of nitrogens with zero attached hydrogens (tertiary/aromatic N) is 3. The molecule has 2 amide bonds. The maximum atomic E-state index is 12.1. The number of pyridine rings is 1. The zero-order valence-electron chi connectivity index (χ0n) is 13.7. The Morgan fingerprint density at radius 2 is 1.91 bits per heavy atom. The van der Waals surface area contributed by atoms with Crippen LogP contribution in [0.25, 0.3) is 10.9 Å². The average Bonchev–Trinajstić information content (AvgIpc) is 2.51. The number of hydrogen-bond donors (Lipinski definition) is 1. The zero-order valence-corrected chi connectivity index (χ0v) is 13.7. The van der Waals surface area contributed by atoms with E-state index in [-0.39, 0.29) is 18.4 Å². The third-order valence-electron chi connectivity index (χ3n) is 3.47. The van der Waals surface area contributed by atoms with Gasteiger partial charge in [-0.15, -0.1) is 0 Å². The summed E-state index contributed by atoms with van der Waals surface area (Å²) in [6.45, 7) is 2.74. The molecule has 0 bridgehead atoms. The first-order valence-electron chi connectivity index (χ1n) is 7.52. The molecule has 0 atom stereocenters. The molecule has 2 rings (SSSR count). The number of fused-ring (bicyclic) bond motifs is 1. The van der Waals surface area contributed by atoms with Gasteiger partial charge in [0.15, 0.2) is 0 Å². The molecule has 122 valence electrons. The van der Waals surface area contributed by atoms with Crippen LogP contribution < -0.4 is 10.2 Å². The number of likely N-dealkylation sites (N-methyl/N-ethyl adjacent to an activating group) is 1. The fourth-order valence-electron chi connectivity index (χ4n) is 2.29. The van der Waals surface area contributed by atoms with Crippen LogP contribution >= 0.6 is 0 Å². The maximum absolute atomic E-state index is 12.1. The highest BCUT2D eigenvalue weighted by Gasteiger charge is 2.18. The number of amides is 2. The Morgan fingerprint density at radius 3 is 2.61 bits per heavy atom. The number of para-hydroxylation sites is 1. The predicted molar refractivity (Wildman–Crippen MR) is 91.3 cm³/mol. The lowest BCUT2D eigenvalue weighted by molar-refractivity contribution is -0.123. The van der Waals surface area contributed by atoms with E-state index in [4.69, 9.17) is 0 Å². The number of nitrogens with one attached hydrogen (secondary N) is 1. The number of carbonyl (C=O) groups excluding carboxylic acids is 2. The summed E-state index contributed by atoms with van der Waals surface area (Å²) in [7, 11) is 3.88. The van der Waals surface area contributed by atoms with Crippen LogP contribution in [-0.2, 0) is 9.59 Å². The first kappa shape index (κ1) is 16.9. The number of hydrogen-bond acceptors (Lipinski definition) is 4. The summed E-state index contributed by atoms with van der Waals surface area (Å²) in [6, 6.07) is 9.38. The Labute approximate surface area is 136 Å². The number of rotatable bonds is 6. The molecule has 0 spiro atoms. The van der Waals surface area contributed by atoms with Gasteiger partial charge in [0.2, 0.25) is 11.8 Å². The van der Waals surface area contributed by atoms with Gasteiger partial charge in [-0.3, -0.25) is 14.6 Å². The molecule has 0 fully saturated rings. The van der Waals surface area contributed by atoms with E-state index in [1.807, 2.05) is 49.3 Å². The van der Waals surface area contributed by atoms with Gasteiger partial charge in [-0.05, 0) is 26.2 Å². The third kappa shape index (κ3) is 4.50. The minimum atomic E-state index is -0.189. The van der Waals surface area contributed by atoms with Gasteiger partial charge in [0.05, 0.1) is 11.2 Å². The quantitative estimate of drug-likeness (QED) is 0.872. The van der Waals surface area contributed by atoms with Gasteiger partial charge in [-0.2, -0.15) is 0 Å². The summed E-state index contributed by atoms with van der Waals surface area (Å²) in [5, 5.41) is 3.76. The van der Waals surface area contributed by atoms with Crippen LogP contribution in [0.15, 0.2) is 36.5 Å². The van der Waals surface area contributed by atoms with Crippen molar-refractivity contribution in [3.05, 3.63) is 36.5 Å². The topological polar surface area (TPSA) is 65.5 Å². The Kier molecular flexibility index (Phi) is 5.65. The van der Waals surface area contributed by atoms with Crippen LogP contribution in [0.3, 0.4) is 0 Å². The standard InChI is InChI=1S/C17H22N4O2/c1-13(22)21(12-16(23)18-10-11-20(2)3)15-8-4-6-14-7-5-9-19-17(14)15/h4-9H,10-12H2,1-3H3,(H,18,23). The van der Waals surface area contributed by atoms with E-state index in [9.17, 15) is 9.59 Å². The van der Waals surface area contributed by atoms with E-state index in [0.29, 0.717) is 17.7 Å². The predicted octanol–water partition coefficient (Wildman–Crippen LogP) is 1.27. The zero-order chi connectivity index (χ0) is 16.8. The smallest absolute Gasteiger partial charge is 0.240 e. The van der Waals surface area contributed by atoms with E-state index in [2.05, 4.69) is 10.3 Å². The summed E-state index contributed by atoms with van der Waals surface area (Å²) in [5.74, 6) is -0.374. The molecule has 0 aliphatic heterocycles. The fourth-order valence-corrected chi connectivity index (χ4v) is 2.29. The van der Waals surface area contributed by atoms with Gasteiger partial charge < -0.3 is 15.1 Å². The highest BCUT2D eigenvalue weighted by molar-refractivity contribution is 6.04. The molecular formula is C17H22N4O2. The number of carbonyl (C=O) groups is 2. The molecule has 23 heavy (non-hydrogen) atoms.